The average Bonchev–Trinajstić information content (AvgIpc) is 2.54. The zero-order chi connectivity index (χ0) is 18.8. The summed E-state index contributed by atoms with van der Waals surface area (Å²) in [5.74, 6) is -0.511. The maximum atomic E-state index is 11.8. The summed E-state index contributed by atoms with van der Waals surface area (Å²) in [4.78, 5) is 23.6. The second-order valence-corrected chi connectivity index (χ2v) is 7.11. The minimum atomic E-state index is -0.418. The van der Waals surface area contributed by atoms with Crippen LogP contribution >= 0.6 is 23.2 Å². The Balaban J connectivity index is 2.29. The van der Waals surface area contributed by atoms with Gasteiger partial charge in [0.1, 0.15) is 6.10 Å². The number of ether oxygens (including phenoxy) is 2. The smallest absolute Gasteiger partial charge is 0.306 e. The van der Waals surface area contributed by atoms with Crippen molar-refractivity contribution in [2.75, 3.05) is 6.61 Å². The van der Waals surface area contributed by atoms with Crippen molar-refractivity contribution in [3.05, 3.63) is 33.8 Å². The number of carbonyl (C=O) groups excluding carboxylic acids is 2. The summed E-state index contributed by atoms with van der Waals surface area (Å²) >= 11 is 11.9. The first-order valence-electron chi connectivity index (χ1n) is 8.62. The molecule has 0 heterocycles. The highest BCUT2D eigenvalue weighted by Crippen LogP contribution is 2.21. The zero-order valence-electron chi connectivity index (χ0n) is 15.0. The number of halogens is 2. The van der Waals surface area contributed by atoms with Crippen LogP contribution in [0.4, 0.5) is 0 Å². The van der Waals surface area contributed by atoms with E-state index in [1.807, 2.05) is 20.8 Å². The van der Waals surface area contributed by atoms with Gasteiger partial charge < -0.3 is 9.47 Å². The van der Waals surface area contributed by atoms with E-state index in [4.69, 9.17) is 32.7 Å². The Morgan fingerprint density at radius 1 is 1.12 bits per heavy atom. The molecule has 1 aromatic rings. The Labute approximate surface area is 159 Å². The number of benzene rings is 1. The Morgan fingerprint density at radius 2 is 1.80 bits per heavy atom. The third-order valence-electron chi connectivity index (χ3n) is 3.78. The van der Waals surface area contributed by atoms with E-state index in [-0.39, 0.29) is 37.4 Å². The molecule has 140 valence electrons. The van der Waals surface area contributed by atoms with Crippen molar-refractivity contribution in [2.45, 2.75) is 59.0 Å². The predicted molar refractivity (Wildman–Crippen MR) is 100.0 cm³/mol. The first-order chi connectivity index (χ1) is 11.8. The third-order valence-corrected chi connectivity index (χ3v) is 4.37. The molecule has 0 radical (unpaired) electrons. The predicted octanol–water partition coefficient (Wildman–Crippen LogP) is 5.23. The molecule has 1 rings (SSSR count). The van der Waals surface area contributed by atoms with Gasteiger partial charge in [-0.2, -0.15) is 0 Å². The molecule has 0 saturated carbocycles. The van der Waals surface area contributed by atoms with Crippen LogP contribution in [0.15, 0.2) is 18.2 Å². The van der Waals surface area contributed by atoms with Gasteiger partial charge >= 0.3 is 11.9 Å². The van der Waals surface area contributed by atoms with Crippen LogP contribution in [-0.4, -0.2) is 24.6 Å². The normalized spacial score (nSPS) is 12.1. The molecule has 1 unspecified atom stereocenters. The second kappa shape index (κ2) is 11.4. The molecule has 0 fully saturated rings. The van der Waals surface area contributed by atoms with E-state index in [2.05, 4.69) is 0 Å². The lowest BCUT2D eigenvalue weighted by atomic mass is 10.0. The van der Waals surface area contributed by atoms with Crippen LogP contribution in [0.3, 0.4) is 0 Å². The Morgan fingerprint density at radius 3 is 2.40 bits per heavy atom. The summed E-state index contributed by atoms with van der Waals surface area (Å²) in [5.41, 5.74) is 0.859. The topological polar surface area (TPSA) is 52.6 Å². The largest absolute Gasteiger partial charge is 0.465 e. The van der Waals surface area contributed by atoms with Gasteiger partial charge in [0.05, 0.1) is 19.4 Å². The summed E-state index contributed by atoms with van der Waals surface area (Å²) in [6.45, 7) is 6.29. The number of esters is 2. The van der Waals surface area contributed by atoms with Crippen LogP contribution in [0.5, 0.6) is 0 Å². The van der Waals surface area contributed by atoms with Gasteiger partial charge in [0.2, 0.25) is 0 Å². The van der Waals surface area contributed by atoms with E-state index in [9.17, 15) is 9.59 Å². The van der Waals surface area contributed by atoms with Crippen LogP contribution in [0, 0.1) is 5.92 Å². The number of hydrogen-bond acceptors (Lipinski definition) is 4. The third kappa shape index (κ3) is 8.59. The van der Waals surface area contributed by atoms with Gasteiger partial charge in [-0.25, -0.2) is 0 Å². The quantitative estimate of drug-likeness (QED) is 0.515. The fourth-order valence-electron chi connectivity index (χ4n) is 2.32. The fourth-order valence-corrected chi connectivity index (χ4v) is 2.82. The molecule has 25 heavy (non-hydrogen) atoms. The van der Waals surface area contributed by atoms with E-state index in [1.165, 1.54) is 0 Å². The summed E-state index contributed by atoms with van der Waals surface area (Å²) in [6.07, 6.45) is 2.23. The van der Waals surface area contributed by atoms with Gasteiger partial charge in [-0.15, -0.1) is 0 Å². The van der Waals surface area contributed by atoms with Crippen molar-refractivity contribution < 1.29 is 19.1 Å². The number of hydrogen-bond donors (Lipinski definition) is 0. The van der Waals surface area contributed by atoms with Gasteiger partial charge in [0.25, 0.3) is 0 Å². The molecule has 1 aromatic carbocycles. The van der Waals surface area contributed by atoms with Crippen LogP contribution in [0.2, 0.25) is 10.0 Å². The number of carbonyl (C=O) groups is 2. The standard InChI is InChI=1S/C19H26Cl2O4/c1-4-5-17(13(2)3)25-19(23)9-8-18(22)24-11-10-14-6-7-15(20)12-16(14)21/h6-7,12-13,17H,4-5,8-11H2,1-3H3. The summed E-state index contributed by atoms with van der Waals surface area (Å²) in [7, 11) is 0. The molecule has 0 bridgehead atoms. The molecule has 0 aliphatic rings. The van der Waals surface area contributed by atoms with Crippen LogP contribution in [-0.2, 0) is 25.5 Å². The lowest BCUT2D eigenvalue weighted by molar-refractivity contribution is -0.155. The zero-order valence-corrected chi connectivity index (χ0v) is 16.5. The Bertz CT molecular complexity index is 573. The lowest BCUT2D eigenvalue weighted by Crippen LogP contribution is -2.24. The molecule has 0 amide bonds. The van der Waals surface area contributed by atoms with Crippen LogP contribution in [0.1, 0.15) is 52.0 Å². The summed E-state index contributed by atoms with van der Waals surface area (Å²) in [6, 6.07) is 5.19. The monoisotopic (exact) mass is 388 g/mol. The average molecular weight is 389 g/mol. The maximum absolute atomic E-state index is 11.8. The molecule has 1 atom stereocenters. The molecule has 0 aromatic heterocycles. The molecule has 0 aliphatic heterocycles. The minimum absolute atomic E-state index is 0.0180. The molecular formula is C19H26Cl2O4. The van der Waals surface area contributed by atoms with Crippen molar-refractivity contribution in [1.82, 2.24) is 0 Å². The highest BCUT2D eigenvalue weighted by molar-refractivity contribution is 6.35. The molecule has 0 aliphatic carbocycles. The highest BCUT2D eigenvalue weighted by Gasteiger charge is 2.18. The Hall–Kier alpha value is -1.26. The first kappa shape index (κ1) is 21.8. The minimum Gasteiger partial charge on any atom is -0.465 e. The van der Waals surface area contributed by atoms with Gasteiger partial charge in [0, 0.05) is 16.5 Å². The summed E-state index contributed by atoms with van der Waals surface area (Å²) in [5, 5.41) is 1.11. The van der Waals surface area contributed by atoms with Crippen LogP contribution in [0.25, 0.3) is 0 Å². The fraction of sp³-hybridized carbons (Fsp3) is 0.579. The maximum Gasteiger partial charge on any atom is 0.306 e. The molecule has 0 saturated heterocycles. The highest BCUT2D eigenvalue weighted by atomic mass is 35.5. The second-order valence-electron chi connectivity index (χ2n) is 6.27. The summed E-state index contributed by atoms with van der Waals surface area (Å²) < 4.78 is 10.6. The van der Waals surface area contributed by atoms with E-state index in [0.29, 0.717) is 16.5 Å². The van der Waals surface area contributed by atoms with Crippen molar-refractivity contribution in [2.24, 2.45) is 5.92 Å². The van der Waals surface area contributed by atoms with Gasteiger partial charge in [-0.1, -0.05) is 56.5 Å². The van der Waals surface area contributed by atoms with Gasteiger partial charge in [0.15, 0.2) is 0 Å². The first-order valence-corrected chi connectivity index (χ1v) is 9.38. The van der Waals surface area contributed by atoms with Crippen molar-refractivity contribution in [3.63, 3.8) is 0 Å². The van der Waals surface area contributed by atoms with Crippen LogP contribution < -0.4 is 0 Å². The van der Waals surface area contributed by atoms with Crippen molar-refractivity contribution in [3.8, 4) is 0 Å². The van der Waals surface area contributed by atoms with Gasteiger partial charge in [-0.3, -0.25) is 9.59 Å². The van der Waals surface area contributed by atoms with E-state index in [1.54, 1.807) is 18.2 Å². The SMILES string of the molecule is CCCC(OC(=O)CCC(=O)OCCc1ccc(Cl)cc1Cl)C(C)C. The molecule has 0 spiro atoms. The lowest BCUT2D eigenvalue weighted by Gasteiger charge is -2.20. The molecular weight excluding hydrogens is 363 g/mol. The van der Waals surface area contributed by atoms with Gasteiger partial charge in [-0.05, 0) is 30.0 Å². The molecule has 4 nitrogen and oxygen atoms in total. The molecule has 0 N–H and O–H groups in total. The molecule has 6 heteroatoms. The van der Waals surface area contributed by atoms with E-state index in [0.717, 1.165) is 18.4 Å². The van der Waals surface area contributed by atoms with Crippen molar-refractivity contribution in [1.29, 1.82) is 0 Å². The van der Waals surface area contributed by atoms with Crippen molar-refractivity contribution >= 4 is 35.1 Å². The Kier molecular flexibility index (Phi) is 9.91. The number of rotatable bonds is 10. The van der Waals surface area contributed by atoms with E-state index < -0.39 is 5.97 Å². The van der Waals surface area contributed by atoms with E-state index >= 15 is 0 Å².